The van der Waals surface area contributed by atoms with Gasteiger partial charge in [0.25, 0.3) is 5.82 Å². The Morgan fingerprint density at radius 3 is 2.38 bits per heavy atom. The molecule has 2 aromatic heterocycles. The third kappa shape index (κ3) is 2.57. The molecule has 3 aromatic rings. The first-order valence-corrected chi connectivity index (χ1v) is 6.76. The van der Waals surface area contributed by atoms with Gasteiger partial charge in [0.2, 0.25) is 0 Å². The van der Waals surface area contributed by atoms with Crippen molar-refractivity contribution in [1.29, 1.82) is 5.41 Å². The molecule has 1 aromatic carbocycles. The molecule has 0 aliphatic rings. The van der Waals surface area contributed by atoms with Crippen molar-refractivity contribution in [2.45, 2.75) is 13.1 Å². The van der Waals surface area contributed by atoms with Gasteiger partial charge in [0.05, 0.1) is 5.56 Å². The number of nitrogens with two attached hydrogens (primary N) is 1. The fourth-order valence-electron chi connectivity index (χ4n) is 2.43. The standard InChI is InChI=1S/C15H11F4N5/c1-7-6-10(8-2-4-9(16)5-3-8)11(12(20)21)13-22-14(15(17,18)19)23-24(7)13/h2-6H,1H3,(H3,20,21). The molecule has 0 atom stereocenters. The molecule has 0 radical (unpaired) electrons. The van der Waals surface area contributed by atoms with Crippen molar-refractivity contribution in [3.8, 4) is 11.1 Å². The van der Waals surface area contributed by atoms with Gasteiger partial charge in [-0.3, -0.25) is 5.41 Å². The van der Waals surface area contributed by atoms with Crippen LogP contribution < -0.4 is 5.73 Å². The minimum atomic E-state index is -4.72. The van der Waals surface area contributed by atoms with Gasteiger partial charge in [0, 0.05) is 5.69 Å². The van der Waals surface area contributed by atoms with Crippen molar-refractivity contribution < 1.29 is 17.6 Å². The molecule has 0 aliphatic carbocycles. The normalized spacial score (nSPS) is 11.9. The summed E-state index contributed by atoms with van der Waals surface area (Å²) in [5, 5.41) is 11.2. The molecule has 0 aliphatic heterocycles. The van der Waals surface area contributed by atoms with Crippen LogP contribution in [-0.4, -0.2) is 20.4 Å². The van der Waals surface area contributed by atoms with Crippen LogP contribution in [0.4, 0.5) is 17.6 Å². The lowest BCUT2D eigenvalue weighted by Crippen LogP contribution is -2.15. The summed E-state index contributed by atoms with van der Waals surface area (Å²) in [5.41, 5.74) is 6.66. The monoisotopic (exact) mass is 337 g/mol. The second-order valence-corrected chi connectivity index (χ2v) is 5.16. The molecule has 3 N–H and O–H groups in total. The number of pyridine rings is 1. The Hall–Kier alpha value is -2.97. The van der Waals surface area contributed by atoms with Crippen LogP contribution >= 0.6 is 0 Å². The molecule has 0 spiro atoms. The highest BCUT2D eigenvalue weighted by molar-refractivity contribution is 6.06. The lowest BCUT2D eigenvalue weighted by molar-refractivity contribution is -0.144. The van der Waals surface area contributed by atoms with E-state index in [1.54, 1.807) is 6.92 Å². The maximum absolute atomic E-state index is 13.1. The Balaban J connectivity index is 2.36. The number of aryl methyl sites for hydroxylation is 1. The number of benzene rings is 1. The number of halogens is 4. The summed E-state index contributed by atoms with van der Waals surface area (Å²) < 4.78 is 52.8. The molecule has 0 bridgehead atoms. The predicted molar refractivity (Wildman–Crippen MR) is 79.1 cm³/mol. The van der Waals surface area contributed by atoms with Crippen molar-refractivity contribution in [2.24, 2.45) is 5.73 Å². The second kappa shape index (κ2) is 5.29. The van der Waals surface area contributed by atoms with Gasteiger partial charge < -0.3 is 5.73 Å². The first-order valence-electron chi connectivity index (χ1n) is 6.76. The van der Waals surface area contributed by atoms with Gasteiger partial charge in [-0.1, -0.05) is 12.1 Å². The number of fused-ring (bicyclic) bond motifs is 1. The van der Waals surface area contributed by atoms with Crippen LogP contribution in [0.2, 0.25) is 0 Å². The van der Waals surface area contributed by atoms with Crippen molar-refractivity contribution in [3.05, 3.63) is 53.2 Å². The Labute approximate surface area is 133 Å². The molecule has 9 heteroatoms. The molecular weight excluding hydrogens is 326 g/mol. The zero-order valence-corrected chi connectivity index (χ0v) is 12.3. The molecule has 124 valence electrons. The van der Waals surface area contributed by atoms with Crippen LogP contribution in [0.15, 0.2) is 30.3 Å². The van der Waals surface area contributed by atoms with E-state index in [4.69, 9.17) is 11.1 Å². The van der Waals surface area contributed by atoms with E-state index in [2.05, 4.69) is 10.1 Å². The highest BCUT2D eigenvalue weighted by Gasteiger charge is 2.37. The van der Waals surface area contributed by atoms with E-state index in [0.717, 1.165) is 4.52 Å². The van der Waals surface area contributed by atoms with Gasteiger partial charge in [-0.15, -0.1) is 5.10 Å². The zero-order valence-electron chi connectivity index (χ0n) is 12.3. The molecule has 24 heavy (non-hydrogen) atoms. The third-order valence-corrected chi connectivity index (χ3v) is 3.47. The summed E-state index contributed by atoms with van der Waals surface area (Å²) in [6, 6.07) is 6.86. The number of hydrogen-bond acceptors (Lipinski definition) is 3. The molecule has 0 saturated heterocycles. The van der Waals surface area contributed by atoms with Gasteiger partial charge in [-0.05, 0) is 36.2 Å². The van der Waals surface area contributed by atoms with Crippen molar-refractivity contribution >= 4 is 11.5 Å². The van der Waals surface area contributed by atoms with Crippen molar-refractivity contribution in [3.63, 3.8) is 0 Å². The van der Waals surface area contributed by atoms with Crippen LogP contribution in [-0.2, 0) is 6.18 Å². The summed E-state index contributed by atoms with van der Waals surface area (Å²) in [5.74, 6) is -2.23. The number of alkyl halides is 3. The Bertz CT molecular complexity index is 941. The number of amidine groups is 1. The Morgan fingerprint density at radius 2 is 1.83 bits per heavy atom. The molecule has 0 unspecified atom stereocenters. The molecule has 5 nitrogen and oxygen atoms in total. The van der Waals surface area contributed by atoms with E-state index in [9.17, 15) is 17.6 Å². The fourth-order valence-corrected chi connectivity index (χ4v) is 2.43. The van der Waals surface area contributed by atoms with E-state index < -0.39 is 23.7 Å². The largest absolute Gasteiger partial charge is 0.453 e. The van der Waals surface area contributed by atoms with E-state index in [1.807, 2.05) is 0 Å². The Kier molecular flexibility index (Phi) is 3.51. The van der Waals surface area contributed by atoms with Crippen LogP contribution in [0.3, 0.4) is 0 Å². The first kappa shape index (κ1) is 15.9. The van der Waals surface area contributed by atoms with Gasteiger partial charge in [-0.25, -0.2) is 13.9 Å². The van der Waals surface area contributed by atoms with E-state index >= 15 is 0 Å². The van der Waals surface area contributed by atoms with E-state index in [-0.39, 0.29) is 11.2 Å². The second-order valence-electron chi connectivity index (χ2n) is 5.16. The number of nitrogens with one attached hydrogen (secondary N) is 1. The molecular formula is C15H11F4N5. The highest BCUT2D eigenvalue weighted by Crippen LogP contribution is 2.31. The summed E-state index contributed by atoms with van der Waals surface area (Å²) in [4.78, 5) is 3.50. The fraction of sp³-hybridized carbons (Fsp3) is 0.133. The quantitative estimate of drug-likeness (QED) is 0.428. The first-order chi connectivity index (χ1) is 11.2. The molecule has 3 rings (SSSR count). The van der Waals surface area contributed by atoms with E-state index in [0.29, 0.717) is 16.8 Å². The number of aromatic nitrogens is 3. The lowest BCUT2D eigenvalue weighted by atomic mass is 9.99. The number of nitrogens with zero attached hydrogens (tertiary/aromatic N) is 3. The number of nitrogen functional groups attached to an aromatic ring is 1. The number of hydrogen-bond donors (Lipinski definition) is 2. The summed E-state index contributed by atoms with van der Waals surface area (Å²) in [6.45, 7) is 1.55. The topological polar surface area (TPSA) is 80.1 Å². The molecule has 0 fully saturated rings. The van der Waals surface area contributed by atoms with Gasteiger partial charge in [-0.2, -0.15) is 13.2 Å². The maximum Gasteiger partial charge on any atom is 0.453 e. The van der Waals surface area contributed by atoms with Gasteiger partial charge in [0.1, 0.15) is 11.7 Å². The van der Waals surface area contributed by atoms with Crippen LogP contribution in [0.1, 0.15) is 17.1 Å². The highest BCUT2D eigenvalue weighted by atomic mass is 19.4. The van der Waals surface area contributed by atoms with Gasteiger partial charge in [0.15, 0.2) is 5.65 Å². The predicted octanol–water partition coefficient (Wildman–Crippen LogP) is 3.15. The third-order valence-electron chi connectivity index (χ3n) is 3.47. The van der Waals surface area contributed by atoms with Crippen LogP contribution in [0.25, 0.3) is 16.8 Å². The number of rotatable bonds is 2. The van der Waals surface area contributed by atoms with Crippen molar-refractivity contribution in [1.82, 2.24) is 14.6 Å². The molecule has 0 saturated carbocycles. The Morgan fingerprint density at radius 1 is 1.21 bits per heavy atom. The van der Waals surface area contributed by atoms with Crippen LogP contribution in [0.5, 0.6) is 0 Å². The van der Waals surface area contributed by atoms with Gasteiger partial charge >= 0.3 is 6.18 Å². The van der Waals surface area contributed by atoms with Crippen LogP contribution in [0, 0.1) is 18.2 Å². The average Bonchev–Trinajstić information content (AvgIpc) is 2.93. The zero-order chi connectivity index (χ0) is 17.6. The molecule has 2 heterocycles. The minimum Gasteiger partial charge on any atom is -0.384 e. The lowest BCUT2D eigenvalue weighted by Gasteiger charge is -2.11. The SMILES string of the molecule is Cc1cc(-c2ccc(F)cc2)c(C(=N)N)c2nc(C(F)(F)F)nn12. The summed E-state index contributed by atoms with van der Waals surface area (Å²) >= 11 is 0. The van der Waals surface area contributed by atoms with Crippen molar-refractivity contribution in [2.75, 3.05) is 0 Å². The average molecular weight is 337 g/mol. The minimum absolute atomic E-state index is 0.00945. The molecule has 0 amide bonds. The smallest absolute Gasteiger partial charge is 0.384 e. The summed E-state index contributed by atoms with van der Waals surface area (Å²) in [7, 11) is 0. The maximum atomic E-state index is 13.1. The van der Waals surface area contributed by atoms with E-state index in [1.165, 1.54) is 30.3 Å². The summed E-state index contributed by atoms with van der Waals surface area (Å²) in [6.07, 6.45) is -4.72.